The smallest absolute Gasteiger partial charge is 0.243 e. The number of amides is 1. The van der Waals surface area contributed by atoms with E-state index in [1.54, 1.807) is 6.08 Å². The van der Waals surface area contributed by atoms with Gasteiger partial charge in [0.15, 0.2) is 0 Å². The minimum Gasteiger partial charge on any atom is -0.353 e. The molecule has 31 heavy (non-hydrogen) atoms. The molecule has 1 amide bonds. The molecule has 1 N–H and O–H groups in total. The normalized spacial score (nSPS) is 16.9. The summed E-state index contributed by atoms with van der Waals surface area (Å²) in [6, 6.07) is 25.4. The molecule has 0 aliphatic heterocycles. The summed E-state index contributed by atoms with van der Waals surface area (Å²) in [5, 5.41) is 3.03. The van der Waals surface area contributed by atoms with E-state index in [-0.39, 0.29) is 11.3 Å². The van der Waals surface area contributed by atoms with Crippen molar-refractivity contribution in [2.45, 2.75) is 38.0 Å². The first kappa shape index (κ1) is 21.0. The fourth-order valence-corrected chi connectivity index (χ4v) is 4.52. The van der Waals surface area contributed by atoms with E-state index in [9.17, 15) is 4.79 Å². The Kier molecular flexibility index (Phi) is 6.61. The molecule has 1 aromatic heterocycles. The highest BCUT2D eigenvalue weighted by molar-refractivity contribution is 5.87. The van der Waals surface area contributed by atoms with Gasteiger partial charge < -0.3 is 5.32 Å². The Balaban J connectivity index is 1.29. The van der Waals surface area contributed by atoms with E-state index < -0.39 is 0 Å². The Morgan fingerprint density at radius 1 is 1.00 bits per heavy atom. The number of aryl methyl sites for hydroxylation is 2. The van der Waals surface area contributed by atoms with Crippen molar-refractivity contribution >= 4 is 5.91 Å². The van der Waals surface area contributed by atoms with Gasteiger partial charge in [-0.05, 0) is 67.4 Å². The van der Waals surface area contributed by atoms with Gasteiger partial charge in [0.05, 0.1) is 0 Å². The third-order valence-corrected chi connectivity index (χ3v) is 6.36. The first-order chi connectivity index (χ1) is 15.2. The Labute approximate surface area is 185 Å². The van der Waals surface area contributed by atoms with E-state index in [0.29, 0.717) is 12.5 Å². The molecule has 1 aliphatic rings. The van der Waals surface area contributed by atoms with Crippen molar-refractivity contribution in [3.63, 3.8) is 0 Å². The third-order valence-electron chi connectivity index (χ3n) is 6.36. The van der Waals surface area contributed by atoms with Crippen LogP contribution in [-0.2, 0) is 16.6 Å². The number of carbonyl (C=O) groups excluding carboxylic acids is 1. The van der Waals surface area contributed by atoms with Crippen LogP contribution in [0, 0.1) is 12.8 Å². The van der Waals surface area contributed by atoms with Crippen molar-refractivity contribution < 1.29 is 4.79 Å². The van der Waals surface area contributed by atoms with E-state index in [1.165, 1.54) is 16.7 Å². The van der Waals surface area contributed by atoms with Crippen molar-refractivity contribution in [3.05, 3.63) is 114 Å². The van der Waals surface area contributed by atoms with Crippen LogP contribution in [-0.4, -0.2) is 17.4 Å². The number of aromatic nitrogens is 1. The van der Waals surface area contributed by atoms with Gasteiger partial charge in [-0.1, -0.05) is 72.8 Å². The fraction of sp³-hybridized carbons (Fsp3) is 0.286. The number of rotatable bonds is 9. The van der Waals surface area contributed by atoms with Gasteiger partial charge in [0.1, 0.15) is 0 Å². The summed E-state index contributed by atoms with van der Waals surface area (Å²) in [6.45, 7) is 2.75. The Hall–Kier alpha value is -3.20. The first-order valence-electron chi connectivity index (χ1n) is 11.2. The molecule has 1 fully saturated rings. The number of pyridine rings is 1. The summed E-state index contributed by atoms with van der Waals surface area (Å²) in [6.07, 6.45) is 9.70. The van der Waals surface area contributed by atoms with E-state index in [1.807, 2.05) is 19.2 Å². The van der Waals surface area contributed by atoms with Crippen LogP contribution < -0.4 is 5.32 Å². The number of hydrogen-bond acceptors (Lipinski definition) is 2. The number of allylic oxidation sites excluding steroid dienone is 1. The van der Waals surface area contributed by atoms with Crippen molar-refractivity contribution in [2.75, 3.05) is 6.54 Å². The molecule has 4 rings (SSSR count). The Morgan fingerprint density at radius 2 is 1.68 bits per heavy atom. The number of carbonyl (C=O) groups is 1. The van der Waals surface area contributed by atoms with Gasteiger partial charge in [0, 0.05) is 23.9 Å². The van der Waals surface area contributed by atoms with Gasteiger partial charge in [0.25, 0.3) is 0 Å². The molecule has 2 aromatic carbocycles. The number of nitrogens with zero attached hydrogens (tertiary/aromatic N) is 1. The maximum absolute atomic E-state index is 12.3. The Morgan fingerprint density at radius 3 is 2.32 bits per heavy atom. The van der Waals surface area contributed by atoms with Crippen LogP contribution in [0.25, 0.3) is 0 Å². The highest BCUT2D eigenvalue weighted by Crippen LogP contribution is 2.59. The molecular weight excluding hydrogens is 380 g/mol. The molecular formula is C28H30N2O. The predicted octanol–water partition coefficient (Wildman–Crippen LogP) is 5.39. The van der Waals surface area contributed by atoms with Gasteiger partial charge in [-0.3, -0.25) is 9.78 Å². The standard InChI is InChI=1S/C28H30N2O/c1-22-23(12-10-20-29-22)11-8-9-19-30-27(31)18-17-26-21-28(26,24-13-4-2-5-14-24)25-15-6-3-7-16-25/h2-7,10,12-18,20,26H,8-9,11,19,21H2,1H3,(H,30,31)/t26-/m1/s1. The highest BCUT2D eigenvalue weighted by atomic mass is 16.1. The molecule has 3 nitrogen and oxygen atoms in total. The summed E-state index contributed by atoms with van der Waals surface area (Å²) >= 11 is 0. The van der Waals surface area contributed by atoms with Gasteiger partial charge in [0.2, 0.25) is 5.91 Å². The van der Waals surface area contributed by atoms with Crippen molar-refractivity contribution in [1.82, 2.24) is 10.3 Å². The van der Waals surface area contributed by atoms with Crippen LogP contribution in [0.5, 0.6) is 0 Å². The lowest BCUT2D eigenvalue weighted by molar-refractivity contribution is -0.116. The molecule has 3 aromatic rings. The molecule has 0 spiro atoms. The average molecular weight is 411 g/mol. The van der Waals surface area contributed by atoms with Gasteiger partial charge in [-0.25, -0.2) is 0 Å². The van der Waals surface area contributed by atoms with Gasteiger partial charge in [-0.2, -0.15) is 0 Å². The van der Waals surface area contributed by atoms with E-state index in [4.69, 9.17) is 0 Å². The second kappa shape index (κ2) is 9.74. The maximum Gasteiger partial charge on any atom is 0.243 e. The minimum atomic E-state index is -0.0130. The number of nitrogens with one attached hydrogen (secondary N) is 1. The van der Waals surface area contributed by atoms with Crippen LogP contribution >= 0.6 is 0 Å². The maximum atomic E-state index is 12.3. The summed E-state index contributed by atoms with van der Waals surface area (Å²) in [7, 11) is 0. The van der Waals surface area contributed by atoms with Gasteiger partial charge in [-0.15, -0.1) is 0 Å². The molecule has 1 aliphatic carbocycles. The topological polar surface area (TPSA) is 42.0 Å². The van der Waals surface area contributed by atoms with Crippen molar-refractivity contribution in [1.29, 1.82) is 0 Å². The largest absolute Gasteiger partial charge is 0.353 e. The van der Waals surface area contributed by atoms with Crippen molar-refractivity contribution in [2.24, 2.45) is 5.92 Å². The second-order valence-corrected chi connectivity index (χ2v) is 8.37. The monoisotopic (exact) mass is 410 g/mol. The summed E-state index contributed by atoms with van der Waals surface area (Å²) in [5.41, 5.74) is 5.02. The summed E-state index contributed by atoms with van der Waals surface area (Å²) in [5.74, 6) is 0.344. The number of benzene rings is 2. The number of unbranched alkanes of at least 4 members (excludes halogenated alkanes) is 1. The molecule has 0 unspecified atom stereocenters. The molecule has 158 valence electrons. The third kappa shape index (κ3) is 4.93. The van der Waals surface area contributed by atoms with Crippen LogP contribution in [0.1, 0.15) is 41.6 Å². The first-order valence-corrected chi connectivity index (χ1v) is 11.2. The van der Waals surface area contributed by atoms with Crippen LogP contribution in [0.4, 0.5) is 0 Å². The lowest BCUT2D eigenvalue weighted by Crippen LogP contribution is -2.22. The SMILES string of the molecule is Cc1ncccc1CCCCNC(=O)C=C[C@@H]1CC1(c1ccccc1)c1ccccc1. The van der Waals surface area contributed by atoms with Gasteiger partial charge >= 0.3 is 0 Å². The van der Waals surface area contributed by atoms with Crippen LogP contribution in [0.15, 0.2) is 91.1 Å². The average Bonchev–Trinajstić information content (AvgIpc) is 3.55. The van der Waals surface area contributed by atoms with E-state index in [2.05, 4.69) is 83.1 Å². The highest BCUT2D eigenvalue weighted by Gasteiger charge is 2.54. The summed E-state index contributed by atoms with van der Waals surface area (Å²) < 4.78 is 0. The minimum absolute atomic E-state index is 0.000480. The molecule has 1 saturated carbocycles. The van der Waals surface area contributed by atoms with Crippen LogP contribution in [0.3, 0.4) is 0 Å². The lowest BCUT2D eigenvalue weighted by Gasteiger charge is -2.18. The zero-order chi connectivity index (χ0) is 21.5. The zero-order valence-corrected chi connectivity index (χ0v) is 18.1. The molecule has 1 atom stereocenters. The quantitative estimate of drug-likeness (QED) is 0.379. The predicted molar refractivity (Wildman–Crippen MR) is 126 cm³/mol. The lowest BCUT2D eigenvalue weighted by atomic mass is 9.85. The van der Waals surface area contributed by atoms with E-state index >= 15 is 0 Å². The van der Waals surface area contributed by atoms with Crippen molar-refractivity contribution in [3.8, 4) is 0 Å². The second-order valence-electron chi connectivity index (χ2n) is 8.37. The summed E-state index contributed by atoms with van der Waals surface area (Å²) in [4.78, 5) is 16.7. The fourth-order valence-electron chi connectivity index (χ4n) is 4.52. The Bertz CT molecular complexity index is 988. The molecule has 3 heteroatoms. The zero-order valence-electron chi connectivity index (χ0n) is 18.1. The molecule has 0 radical (unpaired) electrons. The number of hydrogen-bond donors (Lipinski definition) is 1. The van der Waals surface area contributed by atoms with Crippen LogP contribution in [0.2, 0.25) is 0 Å². The van der Waals surface area contributed by atoms with E-state index in [0.717, 1.165) is 31.4 Å². The molecule has 0 saturated heterocycles. The molecule has 0 bridgehead atoms. The molecule has 1 heterocycles.